The summed E-state index contributed by atoms with van der Waals surface area (Å²) in [5, 5.41) is 21.5. The smallest absolute Gasteiger partial charge is 0.338 e. The van der Waals surface area contributed by atoms with Gasteiger partial charge in [-0.2, -0.15) is 0 Å². The highest BCUT2D eigenvalue weighted by Crippen LogP contribution is 2.32. The highest BCUT2D eigenvalue weighted by Gasteiger charge is 2.30. The van der Waals surface area contributed by atoms with Gasteiger partial charge in [0, 0.05) is 17.5 Å². The molecule has 0 radical (unpaired) electrons. The van der Waals surface area contributed by atoms with Gasteiger partial charge in [0.1, 0.15) is 22.4 Å². The van der Waals surface area contributed by atoms with Crippen LogP contribution in [0.4, 0.5) is 4.39 Å². The molecule has 2 heterocycles. The van der Waals surface area contributed by atoms with Crippen molar-refractivity contribution in [2.24, 2.45) is 0 Å². The van der Waals surface area contributed by atoms with Gasteiger partial charge in [0.25, 0.3) is 0 Å². The van der Waals surface area contributed by atoms with Crippen LogP contribution in [0.25, 0.3) is 16.8 Å². The topological polar surface area (TPSA) is 86.5 Å². The predicted octanol–water partition coefficient (Wildman–Crippen LogP) is 5.28. The van der Waals surface area contributed by atoms with E-state index < -0.39 is 0 Å². The number of hydrogen-bond donors (Lipinski definition) is 2. The molecule has 3 aromatic rings. The highest BCUT2D eigenvalue weighted by atomic mass is 32.1. The minimum Gasteiger partial charge on any atom is -0.510 e. The molecule has 0 spiro atoms. The van der Waals surface area contributed by atoms with E-state index in [9.17, 15) is 14.3 Å². The number of hydrogen-bond acceptors (Lipinski definition) is 6. The zero-order valence-electron chi connectivity index (χ0n) is 17.5. The van der Waals surface area contributed by atoms with Gasteiger partial charge in [-0.05, 0) is 48.4 Å². The number of nitrogens with zero attached hydrogens (tertiary/aromatic N) is 2. The third-order valence-electron chi connectivity index (χ3n) is 5.04. The Bertz CT molecular complexity index is 1170. The third-order valence-corrected chi connectivity index (χ3v) is 5.90. The van der Waals surface area contributed by atoms with Gasteiger partial charge in [-0.1, -0.05) is 19.1 Å². The molecule has 1 aromatic heterocycles. The van der Waals surface area contributed by atoms with E-state index in [1.807, 2.05) is 24.4 Å². The first kappa shape index (κ1) is 21.7. The van der Waals surface area contributed by atoms with Crippen molar-refractivity contribution >= 4 is 28.7 Å². The molecule has 0 unspecified atom stereocenters. The van der Waals surface area contributed by atoms with E-state index in [2.05, 4.69) is 4.98 Å². The molecule has 1 aliphatic rings. The van der Waals surface area contributed by atoms with Crippen molar-refractivity contribution in [2.45, 2.75) is 19.9 Å². The van der Waals surface area contributed by atoms with Gasteiger partial charge in [-0.25, -0.2) is 14.2 Å². The molecule has 2 N–H and O–H groups in total. The molecule has 2 aromatic carbocycles. The molecule has 1 aliphatic heterocycles. The van der Waals surface area contributed by atoms with Crippen molar-refractivity contribution in [1.82, 2.24) is 9.88 Å². The van der Waals surface area contributed by atoms with Gasteiger partial charge < -0.3 is 14.7 Å². The molecule has 0 saturated carbocycles. The maximum atomic E-state index is 13.2. The first-order valence-electron chi connectivity index (χ1n) is 10.2. The van der Waals surface area contributed by atoms with E-state index in [0.717, 1.165) is 17.5 Å². The van der Waals surface area contributed by atoms with Crippen LogP contribution in [0.2, 0.25) is 0 Å². The molecule has 8 heteroatoms. The first-order valence-corrected chi connectivity index (χ1v) is 11.1. The zero-order chi connectivity index (χ0) is 22.7. The highest BCUT2D eigenvalue weighted by molar-refractivity contribution is 7.11. The number of carbonyl (C=O) groups excluding carboxylic acids is 1. The second kappa shape index (κ2) is 9.32. The minimum absolute atomic E-state index is 0.0924. The molecule has 0 saturated heterocycles. The summed E-state index contributed by atoms with van der Waals surface area (Å²) in [7, 11) is 0. The monoisotopic (exact) mass is 451 g/mol. The Kier molecular flexibility index (Phi) is 6.32. The lowest BCUT2D eigenvalue weighted by Gasteiger charge is -2.18. The minimum atomic E-state index is -0.352. The van der Waals surface area contributed by atoms with E-state index in [1.165, 1.54) is 23.5 Å². The molecular formula is C24H22FN3O3S. The van der Waals surface area contributed by atoms with E-state index >= 15 is 0 Å². The van der Waals surface area contributed by atoms with Crippen molar-refractivity contribution in [3.05, 3.63) is 81.6 Å². The number of rotatable bonds is 7. The molecular weight excluding hydrogens is 429 g/mol. The standard InChI is InChI=1S/C24H22FN3O3S/c1-2-11-31-24(30)17-5-3-15(4-6-17)12-28-13-20(29)21(22(28)26)23-27-19(14-32-23)16-7-9-18(25)10-8-16/h3-10,14,26,29H,2,11-13H2,1H3. The second-order valence-electron chi connectivity index (χ2n) is 7.40. The SMILES string of the molecule is CCCOC(=O)c1ccc(CN2CC(O)=C(c3nc(-c4ccc(F)cc4)cs3)C2=N)cc1. The maximum absolute atomic E-state index is 13.2. The molecule has 0 aliphatic carbocycles. The number of ether oxygens (including phenoxy) is 1. The third kappa shape index (κ3) is 4.55. The number of aromatic nitrogens is 1. The fourth-order valence-electron chi connectivity index (χ4n) is 3.38. The number of nitrogens with one attached hydrogen (secondary N) is 1. The number of halogens is 1. The summed E-state index contributed by atoms with van der Waals surface area (Å²) >= 11 is 1.33. The predicted molar refractivity (Wildman–Crippen MR) is 122 cm³/mol. The quantitative estimate of drug-likeness (QED) is 0.478. The summed E-state index contributed by atoms with van der Waals surface area (Å²) < 4.78 is 18.3. The summed E-state index contributed by atoms with van der Waals surface area (Å²) in [5.41, 5.74) is 3.23. The normalized spacial score (nSPS) is 13.7. The molecule has 0 atom stereocenters. The number of aliphatic hydroxyl groups excluding tert-OH is 1. The van der Waals surface area contributed by atoms with Crippen LogP contribution < -0.4 is 0 Å². The second-order valence-corrected chi connectivity index (χ2v) is 8.26. The van der Waals surface area contributed by atoms with Crippen LogP contribution >= 0.6 is 11.3 Å². The van der Waals surface area contributed by atoms with Crippen molar-refractivity contribution in [1.29, 1.82) is 5.41 Å². The fraction of sp³-hybridized carbons (Fsp3) is 0.208. The molecule has 4 rings (SSSR count). The van der Waals surface area contributed by atoms with E-state index in [0.29, 0.717) is 35.0 Å². The lowest BCUT2D eigenvalue weighted by molar-refractivity contribution is 0.0505. The Morgan fingerprint density at radius 2 is 1.94 bits per heavy atom. The average Bonchev–Trinajstić information content (AvgIpc) is 3.37. The van der Waals surface area contributed by atoms with Crippen molar-refractivity contribution in [2.75, 3.05) is 13.2 Å². The first-order chi connectivity index (χ1) is 15.5. The fourth-order valence-corrected chi connectivity index (χ4v) is 4.28. The average molecular weight is 452 g/mol. The van der Waals surface area contributed by atoms with Crippen LogP contribution in [0, 0.1) is 11.2 Å². The van der Waals surface area contributed by atoms with Gasteiger partial charge in [0.15, 0.2) is 0 Å². The van der Waals surface area contributed by atoms with Gasteiger partial charge in [0.05, 0.1) is 30.0 Å². The van der Waals surface area contributed by atoms with Crippen LogP contribution in [-0.4, -0.2) is 39.9 Å². The maximum Gasteiger partial charge on any atom is 0.338 e. The van der Waals surface area contributed by atoms with Crippen LogP contribution in [0.5, 0.6) is 0 Å². The van der Waals surface area contributed by atoms with Gasteiger partial charge in [0.2, 0.25) is 0 Å². The number of esters is 1. The number of thiazole rings is 1. The van der Waals surface area contributed by atoms with Crippen molar-refractivity contribution in [3.63, 3.8) is 0 Å². The number of benzene rings is 2. The molecule has 164 valence electrons. The summed E-state index contributed by atoms with van der Waals surface area (Å²) in [6.07, 6.45) is 0.768. The molecule has 0 fully saturated rings. The Labute approximate surface area is 189 Å². The van der Waals surface area contributed by atoms with Gasteiger partial charge in [-0.3, -0.25) is 5.41 Å². The number of amidine groups is 1. The summed E-state index contributed by atoms with van der Waals surface area (Å²) in [5.74, 6) is -0.387. The van der Waals surface area contributed by atoms with Crippen LogP contribution in [0.3, 0.4) is 0 Å². The zero-order valence-corrected chi connectivity index (χ0v) is 18.3. The van der Waals surface area contributed by atoms with Crippen LogP contribution in [0.1, 0.15) is 34.3 Å². The number of aliphatic hydroxyl groups is 1. The lowest BCUT2D eigenvalue weighted by Crippen LogP contribution is -2.26. The Morgan fingerprint density at radius 3 is 2.62 bits per heavy atom. The molecule has 0 bridgehead atoms. The van der Waals surface area contributed by atoms with E-state index in [1.54, 1.807) is 29.2 Å². The van der Waals surface area contributed by atoms with Crippen molar-refractivity contribution < 1.29 is 19.0 Å². The summed E-state index contributed by atoms with van der Waals surface area (Å²) in [4.78, 5) is 18.2. The van der Waals surface area contributed by atoms with E-state index in [4.69, 9.17) is 10.1 Å². The molecule has 6 nitrogen and oxygen atoms in total. The Balaban J connectivity index is 1.45. The van der Waals surface area contributed by atoms with Crippen LogP contribution in [-0.2, 0) is 11.3 Å². The van der Waals surface area contributed by atoms with E-state index in [-0.39, 0.29) is 29.9 Å². The lowest BCUT2D eigenvalue weighted by atomic mass is 10.1. The Hall–Kier alpha value is -3.52. The van der Waals surface area contributed by atoms with Crippen LogP contribution in [0.15, 0.2) is 59.7 Å². The Morgan fingerprint density at radius 1 is 1.22 bits per heavy atom. The summed E-state index contributed by atoms with van der Waals surface area (Å²) in [6.45, 7) is 2.94. The number of carbonyl (C=O) groups is 1. The van der Waals surface area contributed by atoms with Gasteiger partial charge >= 0.3 is 5.97 Å². The van der Waals surface area contributed by atoms with Crippen molar-refractivity contribution in [3.8, 4) is 11.3 Å². The molecule has 32 heavy (non-hydrogen) atoms. The molecule has 0 amide bonds. The largest absolute Gasteiger partial charge is 0.510 e. The summed E-state index contributed by atoms with van der Waals surface area (Å²) in [6, 6.07) is 13.1. The van der Waals surface area contributed by atoms with Gasteiger partial charge in [-0.15, -0.1) is 11.3 Å².